The summed E-state index contributed by atoms with van der Waals surface area (Å²) >= 11 is 0. The van der Waals surface area contributed by atoms with E-state index < -0.39 is 0 Å². The summed E-state index contributed by atoms with van der Waals surface area (Å²) in [7, 11) is 0. The fourth-order valence-corrected chi connectivity index (χ4v) is 3.33. The highest BCUT2D eigenvalue weighted by Crippen LogP contribution is 2.44. The van der Waals surface area contributed by atoms with E-state index in [-0.39, 0.29) is 54.7 Å². The zero-order valence-corrected chi connectivity index (χ0v) is 11.3. The molecule has 4 atom stereocenters. The largest absolute Gasteiger partial charge is 0.396 e. The second-order valence-corrected chi connectivity index (χ2v) is 5.38. The van der Waals surface area contributed by atoms with Gasteiger partial charge in [-0.15, -0.1) is 5.10 Å². The van der Waals surface area contributed by atoms with Crippen LogP contribution in [0.2, 0.25) is 0 Å². The van der Waals surface area contributed by atoms with E-state index in [0.717, 1.165) is 0 Å². The average Bonchev–Trinajstić information content (AvgIpc) is 3.07. The second-order valence-electron chi connectivity index (χ2n) is 5.38. The summed E-state index contributed by atoms with van der Waals surface area (Å²) in [6, 6.07) is -0.261. The highest BCUT2D eigenvalue weighted by atomic mass is 16.3. The van der Waals surface area contributed by atoms with E-state index in [1.807, 2.05) is 0 Å². The van der Waals surface area contributed by atoms with E-state index in [2.05, 4.69) is 20.3 Å². The van der Waals surface area contributed by atoms with Gasteiger partial charge in [0.25, 0.3) is 5.56 Å². The Balaban J connectivity index is 2.05. The number of aliphatic hydroxyl groups excluding tert-OH is 3. The van der Waals surface area contributed by atoms with Gasteiger partial charge in [-0.2, -0.15) is 0 Å². The molecular weight excluding hydrogens is 278 g/mol. The first-order chi connectivity index (χ1) is 10.2. The molecule has 0 unspecified atom stereocenters. The van der Waals surface area contributed by atoms with Crippen LogP contribution in [0.5, 0.6) is 0 Å². The van der Waals surface area contributed by atoms with Gasteiger partial charge in [0.15, 0.2) is 11.2 Å². The minimum atomic E-state index is -0.373. The second kappa shape index (κ2) is 5.51. The molecule has 9 heteroatoms. The van der Waals surface area contributed by atoms with Gasteiger partial charge >= 0.3 is 0 Å². The van der Waals surface area contributed by atoms with Crippen LogP contribution in [0.4, 0.5) is 0 Å². The molecule has 1 aliphatic carbocycles. The summed E-state index contributed by atoms with van der Waals surface area (Å²) in [5.41, 5.74) is 0.113. The van der Waals surface area contributed by atoms with Crippen molar-refractivity contribution in [3.05, 3.63) is 16.7 Å². The molecule has 0 bridgehead atoms. The van der Waals surface area contributed by atoms with Crippen molar-refractivity contribution >= 4 is 11.2 Å². The van der Waals surface area contributed by atoms with E-state index in [0.29, 0.717) is 12.1 Å². The molecule has 4 N–H and O–H groups in total. The highest BCUT2D eigenvalue weighted by Gasteiger charge is 2.44. The molecule has 0 spiro atoms. The van der Waals surface area contributed by atoms with Crippen molar-refractivity contribution in [2.45, 2.75) is 12.5 Å². The monoisotopic (exact) mass is 295 g/mol. The Morgan fingerprint density at radius 3 is 2.67 bits per heavy atom. The maximum absolute atomic E-state index is 11.7. The molecule has 3 rings (SSSR count). The summed E-state index contributed by atoms with van der Waals surface area (Å²) in [5.74, 6) is -0.609. The lowest BCUT2D eigenvalue weighted by atomic mass is 9.90. The normalized spacial score (nSPS) is 29.3. The number of aromatic amines is 1. The summed E-state index contributed by atoms with van der Waals surface area (Å²) in [6.45, 7) is -0.330. The van der Waals surface area contributed by atoms with Crippen molar-refractivity contribution in [3.8, 4) is 0 Å². The van der Waals surface area contributed by atoms with Crippen LogP contribution in [0.3, 0.4) is 0 Å². The van der Waals surface area contributed by atoms with Crippen molar-refractivity contribution in [1.29, 1.82) is 0 Å². The molecule has 0 saturated heterocycles. The van der Waals surface area contributed by atoms with E-state index >= 15 is 0 Å². The molecule has 1 saturated carbocycles. The average molecular weight is 295 g/mol. The van der Waals surface area contributed by atoms with Gasteiger partial charge in [-0.25, -0.2) is 9.67 Å². The molecule has 2 aromatic heterocycles. The maximum Gasteiger partial charge on any atom is 0.280 e. The number of hydrogen-bond donors (Lipinski definition) is 4. The Labute approximate surface area is 119 Å². The highest BCUT2D eigenvalue weighted by molar-refractivity contribution is 5.67. The van der Waals surface area contributed by atoms with Crippen molar-refractivity contribution in [2.24, 2.45) is 17.8 Å². The van der Waals surface area contributed by atoms with E-state index in [4.69, 9.17) is 0 Å². The van der Waals surface area contributed by atoms with Gasteiger partial charge < -0.3 is 20.3 Å². The van der Waals surface area contributed by atoms with Crippen molar-refractivity contribution in [1.82, 2.24) is 25.0 Å². The van der Waals surface area contributed by atoms with Crippen LogP contribution in [-0.2, 0) is 0 Å². The molecule has 2 aromatic rings. The van der Waals surface area contributed by atoms with Crippen molar-refractivity contribution in [2.75, 3.05) is 19.8 Å². The van der Waals surface area contributed by atoms with Crippen LogP contribution >= 0.6 is 0 Å². The number of aromatic nitrogens is 5. The predicted molar refractivity (Wildman–Crippen MR) is 71.3 cm³/mol. The van der Waals surface area contributed by atoms with Crippen molar-refractivity contribution in [3.63, 3.8) is 0 Å². The third kappa shape index (κ3) is 2.13. The molecule has 21 heavy (non-hydrogen) atoms. The number of nitrogens with zero attached hydrogens (tertiary/aromatic N) is 4. The molecule has 1 aliphatic rings. The number of H-pyrrole nitrogens is 1. The van der Waals surface area contributed by atoms with Crippen LogP contribution in [0.15, 0.2) is 11.1 Å². The molecule has 1 fully saturated rings. The topological polar surface area (TPSA) is 137 Å². The lowest BCUT2D eigenvalue weighted by molar-refractivity contribution is 0.0843. The summed E-state index contributed by atoms with van der Waals surface area (Å²) in [6.07, 6.45) is 1.82. The molecule has 0 aliphatic heterocycles. The van der Waals surface area contributed by atoms with Gasteiger partial charge in [-0.1, -0.05) is 5.21 Å². The zero-order valence-electron chi connectivity index (χ0n) is 11.3. The van der Waals surface area contributed by atoms with Gasteiger partial charge in [-0.3, -0.25) is 4.79 Å². The predicted octanol–water partition coefficient (Wildman–Crippen LogP) is -1.72. The first kappa shape index (κ1) is 14.1. The number of fused-ring (bicyclic) bond motifs is 1. The van der Waals surface area contributed by atoms with E-state index in [1.165, 1.54) is 11.0 Å². The summed E-state index contributed by atoms with van der Waals surface area (Å²) in [4.78, 5) is 18.2. The molecule has 0 radical (unpaired) electrons. The van der Waals surface area contributed by atoms with Gasteiger partial charge in [0.05, 0.1) is 12.4 Å². The Bertz CT molecular complexity index is 684. The number of hydrogen-bond acceptors (Lipinski definition) is 7. The van der Waals surface area contributed by atoms with E-state index in [1.54, 1.807) is 0 Å². The fourth-order valence-electron chi connectivity index (χ4n) is 3.33. The quantitative estimate of drug-likeness (QED) is 0.526. The van der Waals surface area contributed by atoms with Gasteiger partial charge in [0.1, 0.15) is 0 Å². The third-order valence-corrected chi connectivity index (χ3v) is 4.43. The lowest BCUT2D eigenvalue weighted by Crippen LogP contribution is -2.27. The summed E-state index contributed by atoms with van der Waals surface area (Å²) < 4.78 is 1.52. The molecular formula is C12H17N5O4. The first-order valence-corrected chi connectivity index (χ1v) is 6.82. The molecule has 0 aromatic carbocycles. The van der Waals surface area contributed by atoms with Gasteiger partial charge in [0, 0.05) is 25.7 Å². The molecule has 0 amide bonds. The maximum atomic E-state index is 11.7. The lowest BCUT2D eigenvalue weighted by Gasteiger charge is -2.22. The Morgan fingerprint density at radius 1 is 1.24 bits per heavy atom. The smallest absolute Gasteiger partial charge is 0.280 e. The Kier molecular flexibility index (Phi) is 3.70. The SMILES string of the molecule is O=c1[nH]cnc2c1nnn2[C@H]1C[C@@H](CO)[C@@H](CO)[C@@H]1CO. The van der Waals surface area contributed by atoms with Crippen LogP contribution in [-0.4, -0.2) is 60.1 Å². The number of aliphatic hydroxyl groups is 3. The van der Waals surface area contributed by atoms with Crippen LogP contribution in [0, 0.1) is 17.8 Å². The minimum absolute atomic E-state index is 0.0706. The van der Waals surface area contributed by atoms with E-state index in [9.17, 15) is 20.1 Å². The zero-order chi connectivity index (χ0) is 15.0. The van der Waals surface area contributed by atoms with Crippen LogP contribution in [0.1, 0.15) is 12.5 Å². The Hall–Kier alpha value is -1.84. The molecule has 9 nitrogen and oxygen atoms in total. The fraction of sp³-hybridized carbons (Fsp3) is 0.667. The summed E-state index contributed by atoms with van der Waals surface area (Å²) in [5, 5.41) is 36.4. The molecule has 114 valence electrons. The van der Waals surface area contributed by atoms with Crippen molar-refractivity contribution < 1.29 is 15.3 Å². The van der Waals surface area contributed by atoms with Gasteiger partial charge in [-0.05, 0) is 18.3 Å². The minimum Gasteiger partial charge on any atom is -0.396 e. The standard InChI is InChI=1S/C12H17N5O4/c18-2-6-1-9(8(4-20)7(6)3-19)17-11-10(15-16-17)12(21)14-5-13-11/h5-9,18-20H,1-4H2,(H,13,14,21)/t6-,7+,8-,9-/m0/s1. The van der Waals surface area contributed by atoms with Crippen LogP contribution in [0.25, 0.3) is 11.2 Å². The number of rotatable bonds is 4. The first-order valence-electron chi connectivity index (χ1n) is 6.82. The third-order valence-electron chi connectivity index (χ3n) is 4.43. The number of nitrogens with one attached hydrogen (secondary N) is 1. The van der Waals surface area contributed by atoms with Gasteiger partial charge in [0.2, 0.25) is 0 Å². The van der Waals surface area contributed by atoms with Crippen LogP contribution < -0.4 is 5.56 Å². The molecule has 2 heterocycles. The Morgan fingerprint density at radius 2 is 2.00 bits per heavy atom.